The average Bonchev–Trinajstić information content (AvgIpc) is 2.65. The molecule has 7 heteroatoms. The van der Waals surface area contributed by atoms with E-state index >= 15 is 0 Å². The Kier molecular flexibility index (Phi) is 6.43. The Morgan fingerprint density at radius 1 is 1.08 bits per heavy atom. The van der Waals surface area contributed by atoms with Crippen LogP contribution in [-0.4, -0.2) is 32.6 Å². The molecule has 0 saturated heterocycles. The maximum Gasteiger partial charge on any atom is 0.258 e. The highest BCUT2D eigenvalue weighted by Gasteiger charge is 2.16. The zero-order valence-corrected chi connectivity index (χ0v) is 14.9. The molecule has 7 nitrogen and oxygen atoms in total. The molecule has 0 aliphatic rings. The van der Waals surface area contributed by atoms with Crippen molar-refractivity contribution in [3.05, 3.63) is 53.6 Å². The molecule has 0 heterocycles. The van der Waals surface area contributed by atoms with Gasteiger partial charge in [0.05, 0.1) is 25.8 Å². The molecule has 0 spiro atoms. The number of hydrogen-bond donors (Lipinski definition) is 2. The summed E-state index contributed by atoms with van der Waals surface area (Å²) in [6.45, 7) is 1.57. The zero-order chi connectivity index (χ0) is 19.1. The van der Waals surface area contributed by atoms with Gasteiger partial charge in [0.1, 0.15) is 17.2 Å². The van der Waals surface area contributed by atoms with Crippen molar-refractivity contribution in [1.82, 2.24) is 5.32 Å². The minimum atomic E-state index is -0.648. The van der Waals surface area contributed by atoms with E-state index in [-0.39, 0.29) is 29.9 Å². The molecule has 1 atom stereocenters. The Labute approximate surface area is 152 Å². The maximum atomic E-state index is 12.2. The SMILES string of the molecule is COc1ccc(C(N)=O)c(OCC(=O)NC(C)c2ccccc2OC)c1. The summed E-state index contributed by atoms with van der Waals surface area (Å²) in [5, 5.41) is 2.83. The lowest BCUT2D eigenvalue weighted by atomic mass is 10.1. The molecule has 2 rings (SSSR count). The van der Waals surface area contributed by atoms with E-state index in [1.54, 1.807) is 13.2 Å². The lowest BCUT2D eigenvalue weighted by molar-refractivity contribution is -0.123. The molecule has 138 valence electrons. The monoisotopic (exact) mass is 358 g/mol. The highest BCUT2D eigenvalue weighted by molar-refractivity contribution is 5.96. The summed E-state index contributed by atoms with van der Waals surface area (Å²) in [4.78, 5) is 23.7. The van der Waals surface area contributed by atoms with E-state index in [1.807, 2.05) is 31.2 Å². The first-order chi connectivity index (χ1) is 12.5. The van der Waals surface area contributed by atoms with Gasteiger partial charge in [0.2, 0.25) is 0 Å². The highest BCUT2D eigenvalue weighted by atomic mass is 16.5. The molecule has 0 saturated carbocycles. The van der Waals surface area contributed by atoms with Crippen LogP contribution in [0.2, 0.25) is 0 Å². The largest absolute Gasteiger partial charge is 0.497 e. The van der Waals surface area contributed by atoms with Gasteiger partial charge in [-0.3, -0.25) is 9.59 Å². The summed E-state index contributed by atoms with van der Waals surface area (Å²) in [5.41, 5.74) is 6.35. The van der Waals surface area contributed by atoms with E-state index in [4.69, 9.17) is 19.9 Å². The van der Waals surface area contributed by atoms with Gasteiger partial charge in [-0.25, -0.2) is 0 Å². The first-order valence-corrected chi connectivity index (χ1v) is 7.99. The second kappa shape index (κ2) is 8.75. The van der Waals surface area contributed by atoms with E-state index < -0.39 is 5.91 Å². The average molecular weight is 358 g/mol. The molecule has 0 aliphatic carbocycles. The van der Waals surface area contributed by atoms with Gasteiger partial charge >= 0.3 is 0 Å². The van der Waals surface area contributed by atoms with Crippen LogP contribution in [0, 0.1) is 0 Å². The van der Waals surface area contributed by atoms with Crippen LogP contribution in [0.25, 0.3) is 0 Å². The lowest BCUT2D eigenvalue weighted by Crippen LogP contribution is -2.31. The van der Waals surface area contributed by atoms with Crippen LogP contribution < -0.4 is 25.3 Å². The molecular formula is C19H22N2O5. The molecule has 2 aromatic carbocycles. The van der Waals surface area contributed by atoms with E-state index in [9.17, 15) is 9.59 Å². The summed E-state index contributed by atoms with van der Waals surface area (Å²) in [7, 11) is 3.06. The number of hydrogen-bond acceptors (Lipinski definition) is 5. The summed E-state index contributed by atoms with van der Waals surface area (Å²) >= 11 is 0. The van der Waals surface area contributed by atoms with Crippen LogP contribution >= 0.6 is 0 Å². The molecule has 0 aliphatic heterocycles. The number of ether oxygens (including phenoxy) is 3. The van der Waals surface area contributed by atoms with Crippen molar-refractivity contribution in [2.75, 3.05) is 20.8 Å². The third kappa shape index (κ3) is 4.66. The number of nitrogens with one attached hydrogen (secondary N) is 1. The molecule has 1 unspecified atom stereocenters. The van der Waals surface area contributed by atoms with Gasteiger partial charge in [0.25, 0.3) is 11.8 Å². The normalized spacial score (nSPS) is 11.3. The fourth-order valence-electron chi connectivity index (χ4n) is 2.48. The standard InChI is InChI=1S/C19H22N2O5/c1-12(14-6-4-5-7-16(14)25-3)21-18(22)11-26-17-10-13(24-2)8-9-15(17)19(20)23/h4-10,12H,11H2,1-3H3,(H2,20,23)(H,21,22). The smallest absolute Gasteiger partial charge is 0.258 e. The topological polar surface area (TPSA) is 99.9 Å². The van der Waals surface area contributed by atoms with Crippen LogP contribution in [0.5, 0.6) is 17.2 Å². The third-order valence-corrected chi connectivity index (χ3v) is 3.80. The zero-order valence-electron chi connectivity index (χ0n) is 14.9. The number of methoxy groups -OCH3 is 2. The van der Waals surface area contributed by atoms with Crippen LogP contribution in [0.1, 0.15) is 28.9 Å². The van der Waals surface area contributed by atoms with E-state index in [0.29, 0.717) is 11.5 Å². The predicted octanol–water partition coefficient (Wildman–Crippen LogP) is 2.06. The van der Waals surface area contributed by atoms with Gasteiger partial charge in [-0.2, -0.15) is 0 Å². The fraction of sp³-hybridized carbons (Fsp3) is 0.263. The Bertz CT molecular complexity index is 791. The maximum absolute atomic E-state index is 12.2. The minimum Gasteiger partial charge on any atom is -0.497 e. The van der Waals surface area contributed by atoms with E-state index in [2.05, 4.69) is 5.32 Å². The van der Waals surface area contributed by atoms with Gasteiger partial charge in [-0.15, -0.1) is 0 Å². The van der Waals surface area contributed by atoms with Crippen LogP contribution in [0.3, 0.4) is 0 Å². The summed E-state index contributed by atoms with van der Waals surface area (Å²) < 4.78 is 15.9. The van der Waals surface area contributed by atoms with Gasteiger partial charge in [-0.1, -0.05) is 18.2 Å². The van der Waals surface area contributed by atoms with Gasteiger partial charge in [-0.05, 0) is 25.1 Å². The van der Waals surface area contributed by atoms with E-state index in [0.717, 1.165) is 5.56 Å². The molecular weight excluding hydrogens is 336 g/mol. The number of para-hydroxylation sites is 1. The molecule has 3 N–H and O–H groups in total. The second-order valence-corrected chi connectivity index (χ2v) is 5.55. The van der Waals surface area contributed by atoms with Gasteiger partial charge in [0, 0.05) is 11.6 Å². The lowest BCUT2D eigenvalue weighted by Gasteiger charge is -2.18. The van der Waals surface area contributed by atoms with Gasteiger partial charge in [0.15, 0.2) is 6.61 Å². The minimum absolute atomic E-state index is 0.177. The summed E-state index contributed by atoms with van der Waals surface area (Å²) in [6.07, 6.45) is 0. The third-order valence-electron chi connectivity index (χ3n) is 3.80. The summed E-state index contributed by atoms with van der Waals surface area (Å²) in [5.74, 6) is 0.377. The van der Waals surface area contributed by atoms with Crippen molar-refractivity contribution in [2.45, 2.75) is 13.0 Å². The summed E-state index contributed by atoms with van der Waals surface area (Å²) in [6, 6.07) is 11.7. The molecule has 0 fully saturated rings. The van der Waals surface area contributed by atoms with Crippen LogP contribution in [0.4, 0.5) is 0 Å². The number of rotatable bonds is 8. The Morgan fingerprint density at radius 3 is 2.46 bits per heavy atom. The number of primary amides is 1. The van der Waals surface area contributed by atoms with Crippen LogP contribution in [-0.2, 0) is 4.79 Å². The number of amides is 2. The Balaban J connectivity index is 2.04. The van der Waals surface area contributed by atoms with Crippen molar-refractivity contribution in [3.63, 3.8) is 0 Å². The van der Waals surface area contributed by atoms with Crippen LogP contribution in [0.15, 0.2) is 42.5 Å². The second-order valence-electron chi connectivity index (χ2n) is 5.55. The fourth-order valence-corrected chi connectivity index (χ4v) is 2.48. The Morgan fingerprint density at radius 2 is 1.81 bits per heavy atom. The number of nitrogens with two attached hydrogens (primary N) is 1. The number of carbonyl (C=O) groups is 2. The highest BCUT2D eigenvalue weighted by Crippen LogP contribution is 2.25. The number of carbonyl (C=O) groups excluding carboxylic acids is 2. The molecule has 0 aromatic heterocycles. The molecule has 2 aromatic rings. The predicted molar refractivity (Wildman–Crippen MR) is 96.6 cm³/mol. The first kappa shape index (κ1) is 19.1. The van der Waals surface area contributed by atoms with E-state index in [1.165, 1.54) is 19.2 Å². The quantitative estimate of drug-likeness (QED) is 0.752. The van der Waals surface area contributed by atoms with Crippen molar-refractivity contribution in [1.29, 1.82) is 0 Å². The molecule has 0 bridgehead atoms. The molecule has 26 heavy (non-hydrogen) atoms. The number of benzene rings is 2. The van der Waals surface area contributed by atoms with Crippen molar-refractivity contribution < 1.29 is 23.8 Å². The Hall–Kier alpha value is -3.22. The van der Waals surface area contributed by atoms with Gasteiger partial charge < -0.3 is 25.3 Å². The molecule has 2 amide bonds. The van der Waals surface area contributed by atoms with Crippen molar-refractivity contribution in [2.24, 2.45) is 5.73 Å². The van der Waals surface area contributed by atoms with Crippen molar-refractivity contribution in [3.8, 4) is 17.2 Å². The van der Waals surface area contributed by atoms with Crippen molar-refractivity contribution >= 4 is 11.8 Å². The first-order valence-electron chi connectivity index (χ1n) is 7.99. The molecule has 0 radical (unpaired) electrons.